The Hall–Kier alpha value is -0.610. The first-order valence-corrected chi connectivity index (χ1v) is 7.87. The van der Waals surface area contributed by atoms with Crippen molar-refractivity contribution in [1.82, 2.24) is 10.2 Å². The fourth-order valence-electron chi connectivity index (χ4n) is 3.26. The van der Waals surface area contributed by atoms with Crippen molar-refractivity contribution in [2.75, 3.05) is 20.1 Å². The second-order valence-corrected chi connectivity index (χ2v) is 6.46. The molecular weight excluding hydrogens is 238 g/mol. The van der Waals surface area contributed by atoms with Crippen molar-refractivity contribution in [2.45, 2.75) is 63.5 Å². The van der Waals surface area contributed by atoms with Gasteiger partial charge in [0, 0.05) is 18.5 Å². The van der Waals surface area contributed by atoms with Crippen LogP contribution in [0.3, 0.4) is 0 Å². The first-order valence-electron chi connectivity index (χ1n) is 7.87. The predicted octanol–water partition coefficient (Wildman–Crippen LogP) is 1.49. The van der Waals surface area contributed by atoms with Gasteiger partial charge in [-0.2, -0.15) is 0 Å². The van der Waals surface area contributed by atoms with Crippen LogP contribution in [-0.2, 0) is 4.79 Å². The van der Waals surface area contributed by atoms with Crippen molar-refractivity contribution < 1.29 is 4.79 Å². The largest absolute Gasteiger partial charge is 0.353 e. The highest BCUT2D eigenvalue weighted by Crippen LogP contribution is 2.26. The number of amides is 1. The lowest BCUT2D eigenvalue weighted by Crippen LogP contribution is -2.43. The van der Waals surface area contributed by atoms with Crippen LogP contribution < -0.4 is 11.1 Å². The number of nitrogens with zero attached hydrogens (tertiary/aromatic N) is 1. The van der Waals surface area contributed by atoms with Crippen LogP contribution in [0.1, 0.15) is 51.4 Å². The van der Waals surface area contributed by atoms with Gasteiger partial charge >= 0.3 is 0 Å². The minimum Gasteiger partial charge on any atom is -0.353 e. The van der Waals surface area contributed by atoms with Crippen LogP contribution in [0, 0.1) is 5.92 Å². The highest BCUT2D eigenvalue weighted by molar-refractivity contribution is 5.76. The topological polar surface area (TPSA) is 58.4 Å². The summed E-state index contributed by atoms with van der Waals surface area (Å²) in [6.07, 6.45) is 8.65. The highest BCUT2D eigenvalue weighted by atomic mass is 16.1. The van der Waals surface area contributed by atoms with Crippen LogP contribution in [0.25, 0.3) is 0 Å². The molecule has 0 aromatic heterocycles. The van der Waals surface area contributed by atoms with Crippen LogP contribution in [0.5, 0.6) is 0 Å². The van der Waals surface area contributed by atoms with Gasteiger partial charge in [-0.25, -0.2) is 0 Å². The molecule has 1 saturated carbocycles. The summed E-state index contributed by atoms with van der Waals surface area (Å²) in [5, 5.41) is 3.20. The van der Waals surface area contributed by atoms with Gasteiger partial charge in [-0.15, -0.1) is 0 Å². The molecule has 2 rings (SSSR count). The van der Waals surface area contributed by atoms with E-state index in [1.54, 1.807) is 0 Å². The number of piperidine rings is 1. The van der Waals surface area contributed by atoms with Crippen LogP contribution in [0.15, 0.2) is 0 Å². The van der Waals surface area contributed by atoms with Crippen LogP contribution in [0.4, 0.5) is 0 Å². The van der Waals surface area contributed by atoms with E-state index in [4.69, 9.17) is 5.73 Å². The summed E-state index contributed by atoms with van der Waals surface area (Å²) in [6, 6.07) is 0.813. The molecule has 0 spiro atoms. The van der Waals surface area contributed by atoms with Gasteiger partial charge < -0.3 is 16.0 Å². The lowest BCUT2D eigenvalue weighted by Gasteiger charge is -2.30. The Morgan fingerprint density at radius 1 is 1.16 bits per heavy atom. The first kappa shape index (κ1) is 14.8. The van der Waals surface area contributed by atoms with Crippen LogP contribution in [0.2, 0.25) is 0 Å². The summed E-state index contributed by atoms with van der Waals surface area (Å²) >= 11 is 0. The van der Waals surface area contributed by atoms with Crippen molar-refractivity contribution >= 4 is 5.91 Å². The maximum Gasteiger partial charge on any atom is 0.220 e. The first-order chi connectivity index (χ1) is 9.13. The van der Waals surface area contributed by atoms with E-state index in [9.17, 15) is 4.79 Å². The monoisotopic (exact) mass is 267 g/mol. The quantitative estimate of drug-likeness (QED) is 0.811. The maximum absolute atomic E-state index is 12.0. The minimum absolute atomic E-state index is 0.254. The number of nitrogens with one attached hydrogen (secondary N) is 1. The smallest absolute Gasteiger partial charge is 0.220 e. The molecule has 1 saturated heterocycles. The van der Waals surface area contributed by atoms with Gasteiger partial charge in [0.1, 0.15) is 0 Å². The van der Waals surface area contributed by atoms with Gasteiger partial charge in [-0.05, 0) is 71.0 Å². The van der Waals surface area contributed by atoms with E-state index < -0.39 is 0 Å². The molecule has 4 heteroatoms. The average molecular weight is 267 g/mol. The highest BCUT2D eigenvalue weighted by Gasteiger charge is 2.21. The number of nitrogens with two attached hydrogens (primary N) is 1. The number of likely N-dealkylation sites (tertiary alicyclic amines) is 1. The number of carbonyl (C=O) groups excluding carboxylic acids is 1. The summed E-state index contributed by atoms with van der Waals surface area (Å²) in [4.78, 5) is 14.3. The Morgan fingerprint density at radius 3 is 2.42 bits per heavy atom. The van der Waals surface area contributed by atoms with Gasteiger partial charge in [-0.3, -0.25) is 4.79 Å². The van der Waals surface area contributed by atoms with Crippen molar-refractivity contribution in [1.29, 1.82) is 0 Å². The van der Waals surface area contributed by atoms with Crippen LogP contribution >= 0.6 is 0 Å². The number of rotatable bonds is 4. The fourth-order valence-corrected chi connectivity index (χ4v) is 3.26. The SMILES string of the molecule is CN1CCC(NC(=O)CCC2CCC(N)CC2)CC1. The number of carbonyl (C=O) groups is 1. The molecule has 110 valence electrons. The molecule has 0 bridgehead atoms. The second kappa shape index (κ2) is 7.25. The third-order valence-corrected chi connectivity index (χ3v) is 4.75. The Morgan fingerprint density at radius 2 is 1.79 bits per heavy atom. The number of hydrogen-bond donors (Lipinski definition) is 2. The molecule has 0 radical (unpaired) electrons. The molecular formula is C15H29N3O. The molecule has 0 aromatic carbocycles. The molecule has 0 unspecified atom stereocenters. The molecule has 0 atom stereocenters. The molecule has 1 aliphatic carbocycles. The molecule has 4 nitrogen and oxygen atoms in total. The van der Waals surface area contributed by atoms with Crippen LogP contribution in [-0.4, -0.2) is 43.0 Å². The zero-order valence-corrected chi connectivity index (χ0v) is 12.2. The van der Waals surface area contributed by atoms with Gasteiger partial charge in [0.2, 0.25) is 5.91 Å². The summed E-state index contributed by atoms with van der Waals surface area (Å²) in [7, 11) is 2.14. The molecule has 2 fully saturated rings. The van der Waals surface area contributed by atoms with Crippen molar-refractivity contribution in [3.8, 4) is 0 Å². The second-order valence-electron chi connectivity index (χ2n) is 6.46. The van der Waals surface area contributed by atoms with Gasteiger partial charge in [0.25, 0.3) is 0 Å². The van der Waals surface area contributed by atoms with Gasteiger partial charge in [-0.1, -0.05) is 0 Å². The normalized spacial score (nSPS) is 30.2. The van der Waals surface area contributed by atoms with E-state index in [1.807, 2.05) is 0 Å². The Bertz CT molecular complexity index is 279. The van der Waals surface area contributed by atoms with E-state index in [-0.39, 0.29) is 5.91 Å². The minimum atomic E-state index is 0.254. The van der Waals surface area contributed by atoms with Crippen molar-refractivity contribution in [3.63, 3.8) is 0 Å². The van der Waals surface area contributed by atoms with E-state index in [1.165, 1.54) is 12.8 Å². The molecule has 19 heavy (non-hydrogen) atoms. The molecule has 3 N–H and O–H groups in total. The molecule has 1 aliphatic heterocycles. The van der Waals surface area contributed by atoms with E-state index >= 15 is 0 Å². The zero-order valence-electron chi connectivity index (χ0n) is 12.2. The third kappa shape index (κ3) is 5.11. The van der Waals surface area contributed by atoms with Gasteiger partial charge in [0.15, 0.2) is 0 Å². The Balaban J connectivity index is 1.59. The molecule has 0 aromatic rings. The summed E-state index contributed by atoms with van der Waals surface area (Å²) in [6.45, 7) is 2.21. The zero-order chi connectivity index (χ0) is 13.7. The lowest BCUT2D eigenvalue weighted by molar-refractivity contribution is -0.122. The molecule has 1 heterocycles. The maximum atomic E-state index is 12.0. The third-order valence-electron chi connectivity index (χ3n) is 4.75. The average Bonchev–Trinajstić information content (AvgIpc) is 2.41. The molecule has 1 amide bonds. The van der Waals surface area contributed by atoms with E-state index in [0.29, 0.717) is 18.5 Å². The van der Waals surface area contributed by atoms with E-state index in [2.05, 4.69) is 17.3 Å². The fraction of sp³-hybridized carbons (Fsp3) is 0.933. The van der Waals surface area contributed by atoms with Crippen molar-refractivity contribution in [3.05, 3.63) is 0 Å². The van der Waals surface area contributed by atoms with Crippen molar-refractivity contribution in [2.24, 2.45) is 11.7 Å². The summed E-state index contributed by atoms with van der Waals surface area (Å²) in [5.74, 6) is 0.979. The Labute approximate surface area is 117 Å². The standard InChI is InChI=1S/C15H29N3O/c1-18-10-8-14(9-11-18)17-15(19)7-4-12-2-5-13(16)6-3-12/h12-14H,2-11,16H2,1H3,(H,17,19). The summed E-state index contributed by atoms with van der Waals surface area (Å²) < 4.78 is 0. The Kier molecular flexibility index (Phi) is 5.64. The number of hydrogen-bond acceptors (Lipinski definition) is 3. The molecule has 2 aliphatic rings. The lowest BCUT2D eigenvalue weighted by atomic mass is 9.84. The van der Waals surface area contributed by atoms with E-state index in [0.717, 1.165) is 51.1 Å². The van der Waals surface area contributed by atoms with Gasteiger partial charge in [0.05, 0.1) is 0 Å². The predicted molar refractivity (Wildman–Crippen MR) is 77.8 cm³/mol. The summed E-state index contributed by atoms with van der Waals surface area (Å²) in [5.41, 5.74) is 5.90.